The Kier molecular flexibility index (Phi) is 8.34. The van der Waals surface area contributed by atoms with E-state index in [0.717, 1.165) is 0 Å². The summed E-state index contributed by atoms with van der Waals surface area (Å²) in [6, 6.07) is 0. The minimum atomic E-state index is -0.364. The molecule has 0 atom stereocenters. The third kappa shape index (κ3) is 7.11. The molecule has 0 heterocycles. The molecule has 0 fully saturated rings. The summed E-state index contributed by atoms with van der Waals surface area (Å²) in [5, 5.41) is 1.51. The van der Waals surface area contributed by atoms with Crippen LogP contribution in [-0.4, -0.2) is 25.1 Å². The highest BCUT2D eigenvalue weighted by Gasteiger charge is 2.09. The molecule has 90 valence electrons. The van der Waals surface area contributed by atoms with Gasteiger partial charge in [-0.05, 0) is 25.3 Å². The monoisotopic (exact) mass is 243 g/mol. The van der Waals surface area contributed by atoms with Gasteiger partial charge in [-0.2, -0.15) is 12.6 Å². The molecule has 0 aromatic rings. The van der Waals surface area contributed by atoms with Crippen molar-refractivity contribution in [3.05, 3.63) is 23.8 Å². The Hall–Kier alpha value is -1.23. The van der Waals surface area contributed by atoms with E-state index in [1.165, 1.54) is 5.41 Å². The van der Waals surface area contributed by atoms with Crippen molar-refractivity contribution in [3.8, 4) is 0 Å². The van der Waals surface area contributed by atoms with E-state index in [0.29, 0.717) is 24.8 Å². The van der Waals surface area contributed by atoms with Gasteiger partial charge in [0.1, 0.15) is 6.42 Å². The Morgan fingerprint density at radius 1 is 1.38 bits per heavy atom. The van der Waals surface area contributed by atoms with Gasteiger partial charge < -0.3 is 9.47 Å². The number of aliphatic imine (C=N–C) groups is 1. The maximum atomic E-state index is 11.2. The fraction of sp³-hybridized carbons (Fsp3) is 0.455. The number of rotatable bonds is 6. The van der Waals surface area contributed by atoms with Crippen LogP contribution in [0.25, 0.3) is 0 Å². The molecular formula is C11H17NO3S. The van der Waals surface area contributed by atoms with E-state index in [1.807, 2.05) is 6.92 Å². The number of hydrogen-bond acceptors (Lipinski definition) is 5. The zero-order valence-electron chi connectivity index (χ0n) is 9.60. The molecule has 0 aliphatic heterocycles. The highest BCUT2D eigenvalue weighted by atomic mass is 32.1. The van der Waals surface area contributed by atoms with E-state index in [-0.39, 0.29) is 12.4 Å². The van der Waals surface area contributed by atoms with Gasteiger partial charge in [0, 0.05) is 0 Å². The van der Waals surface area contributed by atoms with Crippen LogP contribution in [0, 0.1) is 0 Å². The van der Waals surface area contributed by atoms with Crippen LogP contribution in [0.15, 0.2) is 28.8 Å². The highest BCUT2D eigenvalue weighted by molar-refractivity contribution is 7.83. The van der Waals surface area contributed by atoms with Crippen LogP contribution in [0.2, 0.25) is 0 Å². The summed E-state index contributed by atoms with van der Waals surface area (Å²) in [6.45, 7) is 8.01. The van der Waals surface area contributed by atoms with Gasteiger partial charge in [-0.25, -0.2) is 4.99 Å². The second-order valence-electron chi connectivity index (χ2n) is 2.73. The SMILES string of the molecule is C=C(/C=C\S)N=C(CC(=O)OCC)OCC. The smallest absolute Gasteiger partial charge is 0.315 e. The fourth-order valence-corrected chi connectivity index (χ4v) is 1.08. The van der Waals surface area contributed by atoms with Gasteiger partial charge in [-0.3, -0.25) is 4.79 Å². The summed E-state index contributed by atoms with van der Waals surface area (Å²) in [7, 11) is 0. The molecule has 0 aliphatic rings. The standard InChI is InChI=1S/C11H17NO3S/c1-4-14-10(8-11(13)15-5-2)12-9(3)6-7-16/h6-7,16H,3-5,8H2,1-2H3/b7-6-,12-10?. The van der Waals surface area contributed by atoms with Crippen molar-refractivity contribution in [2.24, 2.45) is 4.99 Å². The number of carbonyl (C=O) groups is 1. The molecule has 0 saturated carbocycles. The Bertz CT molecular complexity index is 298. The van der Waals surface area contributed by atoms with E-state index in [4.69, 9.17) is 9.47 Å². The molecular weight excluding hydrogens is 226 g/mol. The lowest BCUT2D eigenvalue weighted by atomic mass is 10.4. The zero-order chi connectivity index (χ0) is 12.4. The van der Waals surface area contributed by atoms with Gasteiger partial charge in [-0.15, -0.1) is 0 Å². The molecule has 0 unspecified atom stereocenters. The normalized spacial score (nSPS) is 11.6. The van der Waals surface area contributed by atoms with E-state index in [2.05, 4.69) is 24.2 Å². The van der Waals surface area contributed by atoms with Crippen molar-refractivity contribution in [1.82, 2.24) is 0 Å². The molecule has 5 heteroatoms. The van der Waals surface area contributed by atoms with Crippen molar-refractivity contribution in [2.75, 3.05) is 13.2 Å². The van der Waals surface area contributed by atoms with E-state index in [9.17, 15) is 4.79 Å². The summed E-state index contributed by atoms with van der Waals surface area (Å²) < 4.78 is 10.0. The Morgan fingerprint density at radius 2 is 2.00 bits per heavy atom. The number of hydrogen-bond donors (Lipinski definition) is 1. The maximum Gasteiger partial charge on any atom is 0.315 e. The summed E-state index contributed by atoms with van der Waals surface area (Å²) in [6.07, 6.45) is 1.62. The van der Waals surface area contributed by atoms with Gasteiger partial charge in [0.2, 0.25) is 0 Å². The van der Waals surface area contributed by atoms with E-state index in [1.54, 1.807) is 13.0 Å². The topological polar surface area (TPSA) is 47.9 Å². The number of nitrogens with zero attached hydrogens (tertiary/aromatic N) is 1. The number of carbonyl (C=O) groups excluding carboxylic acids is 1. The molecule has 0 bridgehead atoms. The van der Waals surface area contributed by atoms with Crippen molar-refractivity contribution < 1.29 is 14.3 Å². The lowest BCUT2D eigenvalue weighted by Gasteiger charge is -2.06. The van der Waals surface area contributed by atoms with Crippen LogP contribution in [0.3, 0.4) is 0 Å². The first-order valence-corrected chi connectivity index (χ1v) is 5.51. The Balaban J connectivity index is 4.47. The first kappa shape index (κ1) is 14.8. The number of allylic oxidation sites excluding steroid dienone is 1. The molecule has 0 N–H and O–H groups in total. The first-order chi connectivity index (χ1) is 7.63. The number of esters is 1. The Morgan fingerprint density at radius 3 is 2.50 bits per heavy atom. The van der Waals surface area contributed by atoms with Gasteiger partial charge in [-0.1, -0.05) is 6.58 Å². The molecule has 4 nitrogen and oxygen atoms in total. The van der Waals surface area contributed by atoms with E-state index < -0.39 is 0 Å². The first-order valence-electron chi connectivity index (χ1n) is 4.99. The van der Waals surface area contributed by atoms with Crippen molar-refractivity contribution >= 4 is 24.5 Å². The minimum absolute atomic E-state index is 0.0150. The van der Waals surface area contributed by atoms with Gasteiger partial charge in [0.15, 0.2) is 5.90 Å². The van der Waals surface area contributed by atoms with Crippen LogP contribution in [0.1, 0.15) is 20.3 Å². The van der Waals surface area contributed by atoms with Crippen molar-refractivity contribution in [1.29, 1.82) is 0 Å². The molecule has 0 spiro atoms. The quantitative estimate of drug-likeness (QED) is 0.256. The van der Waals surface area contributed by atoms with Gasteiger partial charge >= 0.3 is 5.97 Å². The van der Waals surface area contributed by atoms with Crippen LogP contribution in [-0.2, 0) is 14.3 Å². The third-order valence-electron chi connectivity index (χ3n) is 1.45. The lowest BCUT2D eigenvalue weighted by Crippen LogP contribution is -2.14. The molecule has 0 saturated heterocycles. The van der Waals surface area contributed by atoms with Crippen LogP contribution < -0.4 is 0 Å². The van der Waals surface area contributed by atoms with Crippen LogP contribution >= 0.6 is 12.6 Å². The third-order valence-corrected chi connectivity index (χ3v) is 1.60. The number of thiol groups is 1. The maximum absolute atomic E-state index is 11.2. The summed E-state index contributed by atoms with van der Waals surface area (Å²) >= 11 is 3.89. The molecule has 0 rings (SSSR count). The zero-order valence-corrected chi connectivity index (χ0v) is 10.5. The lowest BCUT2D eigenvalue weighted by molar-refractivity contribution is -0.141. The Labute approximate surface area is 101 Å². The summed E-state index contributed by atoms with van der Waals surface area (Å²) in [5.41, 5.74) is 0.475. The fourth-order valence-electron chi connectivity index (χ4n) is 0.908. The molecule has 0 amide bonds. The molecule has 0 aromatic carbocycles. The highest BCUT2D eigenvalue weighted by Crippen LogP contribution is 2.02. The average molecular weight is 243 g/mol. The molecule has 16 heavy (non-hydrogen) atoms. The van der Waals surface area contributed by atoms with Crippen LogP contribution in [0.4, 0.5) is 0 Å². The summed E-state index contributed by atoms with van der Waals surface area (Å²) in [5.74, 6) is -0.0604. The van der Waals surface area contributed by atoms with Crippen molar-refractivity contribution in [2.45, 2.75) is 20.3 Å². The molecule has 0 radical (unpaired) electrons. The minimum Gasteiger partial charge on any atom is -0.481 e. The average Bonchev–Trinajstić information content (AvgIpc) is 2.18. The predicted molar refractivity (Wildman–Crippen MR) is 67.6 cm³/mol. The van der Waals surface area contributed by atoms with E-state index >= 15 is 0 Å². The summed E-state index contributed by atoms with van der Waals surface area (Å²) in [4.78, 5) is 15.3. The largest absolute Gasteiger partial charge is 0.481 e. The van der Waals surface area contributed by atoms with Crippen LogP contribution in [0.5, 0.6) is 0 Å². The second kappa shape index (κ2) is 9.03. The van der Waals surface area contributed by atoms with Crippen molar-refractivity contribution in [3.63, 3.8) is 0 Å². The number of ether oxygens (including phenoxy) is 2. The second-order valence-corrected chi connectivity index (χ2v) is 3.03. The molecule has 0 aliphatic carbocycles. The molecule has 0 aromatic heterocycles. The predicted octanol–water partition coefficient (Wildman–Crippen LogP) is 2.33. The van der Waals surface area contributed by atoms with Gasteiger partial charge in [0.05, 0.1) is 18.9 Å². The van der Waals surface area contributed by atoms with Gasteiger partial charge in [0.25, 0.3) is 0 Å².